The first kappa shape index (κ1) is 19.1. The number of rotatable bonds is 4. The fourth-order valence-corrected chi connectivity index (χ4v) is 3.54. The van der Waals surface area contributed by atoms with Crippen molar-refractivity contribution in [3.05, 3.63) is 66.1 Å². The number of imidazole rings is 1. The van der Waals surface area contributed by atoms with Crippen LogP contribution in [0.2, 0.25) is 0 Å². The average Bonchev–Trinajstić information content (AvgIpc) is 3.23. The van der Waals surface area contributed by atoms with E-state index >= 15 is 0 Å². The summed E-state index contributed by atoms with van der Waals surface area (Å²) >= 11 is 0. The third-order valence-electron chi connectivity index (χ3n) is 5.16. The number of amides is 1. The minimum Gasteiger partial charge on any atom is -0.353 e. The van der Waals surface area contributed by atoms with E-state index in [0.717, 1.165) is 36.1 Å². The molecular formula is C22H26N6O. The number of carbonyl (C=O) groups excluding carboxylic acids is 1. The van der Waals surface area contributed by atoms with Crippen molar-refractivity contribution >= 4 is 11.7 Å². The van der Waals surface area contributed by atoms with Gasteiger partial charge in [0.15, 0.2) is 0 Å². The minimum absolute atomic E-state index is 0.00717. The highest BCUT2D eigenvalue weighted by Gasteiger charge is 2.25. The van der Waals surface area contributed by atoms with E-state index < -0.39 is 0 Å². The first-order valence-electron chi connectivity index (χ1n) is 10.0. The van der Waals surface area contributed by atoms with Gasteiger partial charge in [0, 0.05) is 49.5 Å². The van der Waals surface area contributed by atoms with Crippen LogP contribution in [-0.2, 0) is 0 Å². The molecule has 0 atom stereocenters. The van der Waals surface area contributed by atoms with Gasteiger partial charge < -0.3 is 9.80 Å². The third-order valence-corrected chi connectivity index (χ3v) is 5.16. The number of nitrogens with zero attached hydrogens (tertiary/aromatic N) is 6. The smallest absolute Gasteiger partial charge is 0.272 e. The molecule has 0 aliphatic carbocycles. The van der Waals surface area contributed by atoms with Crippen LogP contribution in [0.5, 0.6) is 0 Å². The van der Waals surface area contributed by atoms with Gasteiger partial charge in [-0.15, -0.1) is 0 Å². The zero-order valence-electron chi connectivity index (χ0n) is 17.1. The van der Waals surface area contributed by atoms with Crippen LogP contribution in [0.1, 0.15) is 41.8 Å². The second kappa shape index (κ2) is 8.03. The van der Waals surface area contributed by atoms with Crippen LogP contribution in [0.25, 0.3) is 5.69 Å². The quantitative estimate of drug-likeness (QED) is 0.685. The minimum atomic E-state index is 0.00717. The number of benzene rings is 1. The van der Waals surface area contributed by atoms with Crippen molar-refractivity contribution < 1.29 is 4.79 Å². The lowest BCUT2D eigenvalue weighted by molar-refractivity contribution is 0.0738. The van der Waals surface area contributed by atoms with Crippen molar-refractivity contribution in [2.24, 2.45) is 0 Å². The van der Waals surface area contributed by atoms with Gasteiger partial charge in [-0.2, -0.15) is 0 Å². The molecule has 29 heavy (non-hydrogen) atoms. The summed E-state index contributed by atoms with van der Waals surface area (Å²) in [6, 6.07) is 11.8. The van der Waals surface area contributed by atoms with E-state index in [1.54, 1.807) is 12.5 Å². The molecule has 1 saturated heterocycles. The summed E-state index contributed by atoms with van der Waals surface area (Å²) in [5.41, 5.74) is 2.50. The van der Waals surface area contributed by atoms with Gasteiger partial charge in [-0.25, -0.2) is 15.0 Å². The zero-order valence-corrected chi connectivity index (χ0v) is 17.1. The van der Waals surface area contributed by atoms with Gasteiger partial charge in [-0.05, 0) is 19.1 Å². The molecule has 7 heteroatoms. The lowest BCUT2D eigenvalue weighted by atomic mass is 10.2. The van der Waals surface area contributed by atoms with E-state index in [-0.39, 0.29) is 11.8 Å². The summed E-state index contributed by atoms with van der Waals surface area (Å²) < 4.78 is 1.84. The molecule has 0 unspecified atom stereocenters. The topological polar surface area (TPSA) is 67.2 Å². The van der Waals surface area contributed by atoms with Crippen LogP contribution in [0.3, 0.4) is 0 Å². The van der Waals surface area contributed by atoms with Gasteiger partial charge in [-0.1, -0.05) is 32.0 Å². The van der Waals surface area contributed by atoms with E-state index in [1.165, 1.54) is 0 Å². The first-order chi connectivity index (χ1) is 14.0. The summed E-state index contributed by atoms with van der Waals surface area (Å²) in [6.45, 7) is 9.01. The molecular weight excluding hydrogens is 364 g/mol. The number of aryl methyl sites for hydroxylation is 1. The summed E-state index contributed by atoms with van der Waals surface area (Å²) in [7, 11) is 0. The normalized spacial score (nSPS) is 14.5. The molecule has 1 aromatic carbocycles. The molecule has 2 aromatic heterocycles. The second-order valence-electron chi connectivity index (χ2n) is 7.64. The lowest BCUT2D eigenvalue weighted by Gasteiger charge is -2.35. The molecule has 1 fully saturated rings. The Morgan fingerprint density at radius 1 is 1.03 bits per heavy atom. The molecule has 0 saturated carbocycles. The summed E-state index contributed by atoms with van der Waals surface area (Å²) in [4.78, 5) is 30.7. The largest absolute Gasteiger partial charge is 0.353 e. The van der Waals surface area contributed by atoms with Crippen molar-refractivity contribution in [2.45, 2.75) is 26.7 Å². The molecule has 4 rings (SSSR count). The summed E-state index contributed by atoms with van der Waals surface area (Å²) in [5.74, 6) is 2.11. The molecule has 150 valence electrons. The second-order valence-corrected chi connectivity index (χ2v) is 7.64. The standard InChI is InChI=1S/C22H26N6O/c1-16(2)21-24-17(3)13-20(25-21)26-9-11-27(12-10-26)22(29)19-14-23-15-28(19)18-7-5-4-6-8-18/h4-8,13-16H,9-12H2,1-3H3. The van der Waals surface area contributed by atoms with Crippen LogP contribution < -0.4 is 4.90 Å². The molecule has 0 spiro atoms. The van der Waals surface area contributed by atoms with E-state index in [0.29, 0.717) is 18.8 Å². The van der Waals surface area contributed by atoms with Gasteiger partial charge >= 0.3 is 0 Å². The Morgan fingerprint density at radius 2 is 1.76 bits per heavy atom. The molecule has 1 amide bonds. The number of aromatic nitrogens is 4. The molecule has 0 bridgehead atoms. The highest BCUT2D eigenvalue weighted by molar-refractivity contribution is 5.93. The number of hydrogen-bond donors (Lipinski definition) is 0. The van der Waals surface area contributed by atoms with E-state index in [4.69, 9.17) is 4.98 Å². The third kappa shape index (κ3) is 3.99. The summed E-state index contributed by atoms with van der Waals surface area (Å²) in [5, 5.41) is 0. The van der Waals surface area contributed by atoms with Crippen LogP contribution in [0.4, 0.5) is 5.82 Å². The predicted octanol–water partition coefficient (Wildman–Crippen LogP) is 3.06. The Kier molecular flexibility index (Phi) is 5.29. The lowest BCUT2D eigenvalue weighted by Crippen LogP contribution is -2.49. The molecule has 0 radical (unpaired) electrons. The predicted molar refractivity (Wildman–Crippen MR) is 113 cm³/mol. The number of hydrogen-bond acceptors (Lipinski definition) is 5. The molecule has 7 nitrogen and oxygen atoms in total. The zero-order chi connectivity index (χ0) is 20.4. The van der Waals surface area contributed by atoms with E-state index in [1.807, 2.05) is 52.8 Å². The van der Waals surface area contributed by atoms with E-state index in [2.05, 4.69) is 28.7 Å². The Bertz CT molecular complexity index is 990. The monoisotopic (exact) mass is 390 g/mol. The maximum atomic E-state index is 13.1. The van der Waals surface area contributed by atoms with Crippen LogP contribution in [-0.4, -0.2) is 56.5 Å². The maximum absolute atomic E-state index is 13.1. The van der Waals surface area contributed by atoms with Gasteiger partial charge in [-0.3, -0.25) is 9.36 Å². The van der Waals surface area contributed by atoms with Crippen molar-refractivity contribution in [1.29, 1.82) is 0 Å². The number of piperazine rings is 1. The number of anilines is 1. The highest BCUT2D eigenvalue weighted by atomic mass is 16.2. The van der Waals surface area contributed by atoms with Gasteiger partial charge in [0.05, 0.1) is 12.5 Å². The van der Waals surface area contributed by atoms with Crippen molar-refractivity contribution in [3.8, 4) is 5.69 Å². The number of carbonyl (C=O) groups is 1. The SMILES string of the molecule is Cc1cc(N2CCN(C(=O)c3cncn3-c3ccccc3)CC2)nc(C(C)C)n1. The maximum Gasteiger partial charge on any atom is 0.272 e. The Morgan fingerprint density at radius 3 is 2.45 bits per heavy atom. The summed E-state index contributed by atoms with van der Waals surface area (Å²) in [6.07, 6.45) is 3.33. The Labute approximate surface area is 171 Å². The molecule has 3 heterocycles. The highest BCUT2D eigenvalue weighted by Crippen LogP contribution is 2.20. The molecule has 0 N–H and O–H groups in total. The van der Waals surface area contributed by atoms with Gasteiger partial charge in [0.1, 0.15) is 17.3 Å². The van der Waals surface area contributed by atoms with Crippen molar-refractivity contribution in [3.63, 3.8) is 0 Å². The van der Waals surface area contributed by atoms with Crippen molar-refractivity contribution in [2.75, 3.05) is 31.1 Å². The molecule has 1 aliphatic rings. The first-order valence-corrected chi connectivity index (χ1v) is 10.0. The number of para-hydroxylation sites is 1. The average molecular weight is 390 g/mol. The van der Waals surface area contributed by atoms with Crippen molar-refractivity contribution in [1.82, 2.24) is 24.4 Å². The fraction of sp³-hybridized carbons (Fsp3) is 0.364. The van der Waals surface area contributed by atoms with E-state index in [9.17, 15) is 4.79 Å². The van der Waals surface area contributed by atoms with Gasteiger partial charge in [0.25, 0.3) is 5.91 Å². The van der Waals surface area contributed by atoms with Gasteiger partial charge in [0.2, 0.25) is 0 Å². The van der Waals surface area contributed by atoms with Crippen LogP contribution in [0, 0.1) is 6.92 Å². The Hall–Kier alpha value is -3.22. The molecule has 1 aliphatic heterocycles. The van der Waals surface area contributed by atoms with Crippen LogP contribution in [0.15, 0.2) is 48.9 Å². The fourth-order valence-electron chi connectivity index (χ4n) is 3.54. The Balaban J connectivity index is 1.47. The molecule has 3 aromatic rings. The van der Waals surface area contributed by atoms with Crippen LogP contribution >= 0.6 is 0 Å².